The molecular formula is C52H102O3. The lowest BCUT2D eigenvalue weighted by atomic mass is 10.0. The molecule has 0 unspecified atom stereocenters. The molecule has 0 amide bonds. The van der Waals surface area contributed by atoms with Gasteiger partial charge in [-0.25, -0.2) is 0 Å². The zero-order valence-electron chi connectivity index (χ0n) is 37.9. The van der Waals surface area contributed by atoms with Crippen molar-refractivity contribution in [1.82, 2.24) is 0 Å². The van der Waals surface area contributed by atoms with Crippen molar-refractivity contribution in [3.05, 3.63) is 12.2 Å². The highest BCUT2D eigenvalue weighted by atomic mass is 16.5. The van der Waals surface area contributed by atoms with Crippen molar-refractivity contribution in [3.63, 3.8) is 0 Å². The number of hydrogen-bond acceptors (Lipinski definition) is 3. The molecule has 0 rings (SSSR count). The monoisotopic (exact) mass is 775 g/mol. The van der Waals surface area contributed by atoms with E-state index in [1.165, 1.54) is 263 Å². The predicted molar refractivity (Wildman–Crippen MR) is 245 cm³/mol. The van der Waals surface area contributed by atoms with Crippen molar-refractivity contribution in [2.24, 2.45) is 0 Å². The minimum Gasteiger partial charge on any atom is -0.466 e. The summed E-state index contributed by atoms with van der Waals surface area (Å²) in [6.45, 7) is 3.27. The number of allylic oxidation sites excluding steroid dienone is 2. The Kier molecular flexibility index (Phi) is 50.4. The molecule has 328 valence electrons. The molecule has 3 heteroatoms. The number of unbranched alkanes of at least 4 members (excludes halogenated alkanes) is 42. The van der Waals surface area contributed by atoms with Gasteiger partial charge in [0.25, 0.3) is 0 Å². The van der Waals surface area contributed by atoms with Crippen LogP contribution in [0.3, 0.4) is 0 Å². The SMILES string of the molecule is CCCCCCCC/C=C\CCCCCCCC(=O)OCCCCCCCCCCCCCCCCCCCCCCCCCCCCCCCCCCO. The van der Waals surface area contributed by atoms with E-state index in [4.69, 9.17) is 9.84 Å². The van der Waals surface area contributed by atoms with Gasteiger partial charge in [-0.15, -0.1) is 0 Å². The number of esters is 1. The topological polar surface area (TPSA) is 46.5 Å². The summed E-state index contributed by atoms with van der Waals surface area (Å²) in [6, 6.07) is 0. The molecule has 3 nitrogen and oxygen atoms in total. The van der Waals surface area contributed by atoms with Crippen molar-refractivity contribution in [2.45, 2.75) is 302 Å². The fraction of sp³-hybridized carbons (Fsp3) is 0.942. The Morgan fingerprint density at radius 2 is 0.600 bits per heavy atom. The van der Waals surface area contributed by atoms with Crippen LogP contribution in [0.4, 0.5) is 0 Å². The van der Waals surface area contributed by atoms with Crippen molar-refractivity contribution < 1.29 is 14.6 Å². The summed E-state index contributed by atoms with van der Waals surface area (Å²) < 4.78 is 5.48. The van der Waals surface area contributed by atoms with Gasteiger partial charge in [0.05, 0.1) is 6.61 Å². The lowest BCUT2D eigenvalue weighted by molar-refractivity contribution is -0.143. The molecule has 0 bridgehead atoms. The average Bonchev–Trinajstić information content (AvgIpc) is 3.19. The Morgan fingerprint density at radius 3 is 0.909 bits per heavy atom. The zero-order chi connectivity index (χ0) is 39.6. The van der Waals surface area contributed by atoms with Crippen molar-refractivity contribution in [2.75, 3.05) is 13.2 Å². The largest absolute Gasteiger partial charge is 0.466 e. The van der Waals surface area contributed by atoms with Crippen LogP contribution in [-0.4, -0.2) is 24.3 Å². The Balaban J connectivity index is 3.14. The second-order valence-electron chi connectivity index (χ2n) is 17.6. The van der Waals surface area contributed by atoms with Gasteiger partial charge < -0.3 is 9.84 Å². The van der Waals surface area contributed by atoms with Crippen molar-refractivity contribution in [3.8, 4) is 0 Å². The van der Waals surface area contributed by atoms with Gasteiger partial charge >= 0.3 is 5.97 Å². The van der Waals surface area contributed by atoms with E-state index < -0.39 is 0 Å². The van der Waals surface area contributed by atoms with Gasteiger partial charge in [0.2, 0.25) is 0 Å². The fourth-order valence-corrected chi connectivity index (χ4v) is 8.12. The molecule has 0 aliphatic carbocycles. The number of rotatable bonds is 49. The molecule has 1 N–H and O–H groups in total. The minimum atomic E-state index is 0.0189. The van der Waals surface area contributed by atoms with E-state index in [1.807, 2.05) is 0 Å². The first-order valence-electron chi connectivity index (χ1n) is 25.7. The number of carbonyl (C=O) groups excluding carboxylic acids is 1. The normalized spacial score (nSPS) is 11.7. The second-order valence-corrected chi connectivity index (χ2v) is 17.6. The van der Waals surface area contributed by atoms with Gasteiger partial charge in [-0.2, -0.15) is 0 Å². The van der Waals surface area contributed by atoms with Crippen LogP contribution in [0.25, 0.3) is 0 Å². The number of aliphatic hydroxyl groups excluding tert-OH is 1. The average molecular weight is 775 g/mol. The third-order valence-electron chi connectivity index (χ3n) is 12.0. The molecule has 0 spiro atoms. The van der Waals surface area contributed by atoms with E-state index in [0.717, 1.165) is 25.7 Å². The maximum atomic E-state index is 12.0. The molecule has 0 saturated carbocycles. The lowest BCUT2D eigenvalue weighted by Gasteiger charge is -2.06. The highest BCUT2D eigenvalue weighted by Crippen LogP contribution is 2.17. The first kappa shape index (κ1) is 54.2. The Morgan fingerprint density at radius 1 is 0.345 bits per heavy atom. The molecule has 0 heterocycles. The Labute approximate surface area is 347 Å². The van der Waals surface area contributed by atoms with Crippen LogP contribution in [0.2, 0.25) is 0 Å². The molecule has 0 aliphatic rings. The van der Waals surface area contributed by atoms with Gasteiger partial charge in [-0.3, -0.25) is 4.79 Å². The van der Waals surface area contributed by atoms with Crippen molar-refractivity contribution >= 4 is 5.97 Å². The van der Waals surface area contributed by atoms with Gasteiger partial charge in [-0.1, -0.05) is 263 Å². The van der Waals surface area contributed by atoms with Gasteiger partial charge in [-0.05, 0) is 44.9 Å². The number of aliphatic hydroxyl groups is 1. The van der Waals surface area contributed by atoms with Crippen molar-refractivity contribution in [1.29, 1.82) is 0 Å². The quantitative estimate of drug-likeness (QED) is 0.0380. The van der Waals surface area contributed by atoms with Crippen LogP contribution in [0.15, 0.2) is 12.2 Å². The first-order chi connectivity index (χ1) is 27.3. The maximum absolute atomic E-state index is 12.0. The summed E-state index contributed by atoms with van der Waals surface area (Å²) in [6.07, 6.45) is 66.6. The molecule has 0 aromatic rings. The maximum Gasteiger partial charge on any atom is 0.305 e. The summed E-state index contributed by atoms with van der Waals surface area (Å²) in [7, 11) is 0. The zero-order valence-corrected chi connectivity index (χ0v) is 37.9. The molecule has 0 aliphatic heterocycles. The third-order valence-corrected chi connectivity index (χ3v) is 12.0. The smallest absolute Gasteiger partial charge is 0.305 e. The standard InChI is InChI=1S/C52H102O3/c1-2-3-4-5-6-7-8-9-28-31-34-37-40-43-46-49-52(54)55-51-48-45-42-39-36-33-30-27-25-23-21-19-17-15-13-11-10-12-14-16-18-20-22-24-26-29-32-35-38-41-44-47-50-53/h9,28,53H,2-8,10-27,29-51H2,1H3/b28-9-. The van der Waals surface area contributed by atoms with Crippen LogP contribution in [-0.2, 0) is 9.53 Å². The number of carbonyl (C=O) groups is 1. The Bertz CT molecular complexity index is 718. The van der Waals surface area contributed by atoms with E-state index >= 15 is 0 Å². The van der Waals surface area contributed by atoms with E-state index in [-0.39, 0.29) is 5.97 Å². The summed E-state index contributed by atoms with van der Waals surface area (Å²) in [5, 5.41) is 8.82. The molecule has 0 atom stereocenters. The third kappa shape index (κ3) is 51.2. The highest BCUT2D eigenvalue weighted by Gasteiger charge is 2.03. The van der Waals surface area contributed by atoms with E-state index in [9.17, 15) is 4.79 Å². The van der Waals surface area contributed by atoms with Crippen LogP contribution in [0.1, 0.15) is 302 Å². The fourth-order valence-electron chi connectivity index (χ4n) is 8.12. The predicted octanol–water partition coefficient (Wildman–Crippen LogP) is 18.0. The van der Waals surface area contributed by atoms with Gasteiger partial charge in [0.15, 0.2) is 0 Å². The first-order valence-corrected chi connectivity index (χ1v) is 25.7. The van der Waals surface area contributed by atoms with Gasteiger partial charge in [0, 0.05) is 13.0 Å². The number of ether oxygens (including phenoxy) is 1. The molecule has 0 aromatic heterocycles. The summed E-state index contributed by atoms with van der Waals surface area (Å²) in [4.78, 5) is 12.0. The van der Waals surface area contributed by atoms with E-state index in [1.54, 1.807) is 0 Å². The minimum absolute atomic E-state index is 0.0189. The Hall–Kier alpha value is -0.830. The van der Waals surface area contributed by atoms with Gasteiger partial charge in [0.1, 0.15) is 0 Å². The van der Waals surface area contributed by atoms with E-state index in [0.29, 0.717) is 19.6 Å². The molecule has 0 saturated heterocycles. The molecule has 55 heavy (non-hydrogen) atoms. The van der Waals surface area contributed by atoms with Crippen LogP contribution in [0.5, 0.6) is 0 Å². The van der Waals surface area contributed by atoms with E-state index in [2.05, 4.69) is 19.1 Å². The summed E-state index contributed by atoms with van der Waals surface area (Å²) >= 11 is 0. The molecular weight excluding hydrogens is 673 g/mol. The summed E-state index contributed by atoms with van der Waals surface area (Å²) in [5.74, 6) is 0.0189. The molecule has 0 fully saturated rings. The molecule has 0 radical (unpaired) electrons. The summed E-state index contributed by atoms with van der Waals surface area (Å²) in [5.41, 5.74) is 0. The second kappa shape index (κ2) is 51.2. The number of hydrogen-bond donors (Lipinski definition) is 1. The lowest BCUT2D eigenvalue weighted by Crippen LogP contribution is -2.05. The van der Waals surface area contributed by atoms with Crippen LogP contribution < -0.4 is 0 Å². The highest BCUT2D eigenvalue weighted by molar-refractivity contribution is 5.69. The van der Waals surface area contributed by atoms with Crippen LogP contribution in [0, 0.1) is 0 Å². The van der Waals surface area contributed by atoms with Crippen LogP contribution >= 0.6 is 0 Å². The molecule has 0 aromatic carbocycles.